The van der Waals surface area contributed by atoms with Gasteiger partial charge in [-0.1, -0.05) is 53.2 Å². The highest BCUT2D eigenvalue weighted by atomic mass is 35.5. The second-order valence-electron chi connectivity index (χ2n) is 4.56. The number of thioether (sulfide) groups is 1. The van der Waals surface area contributed by atoms with Gasteiger partial charge >= 0.3 is 0 Å². The maximum atomic E-state index is 6.16. The number of para-hydroxylation sites is 1. The van der Waals surface area contributed by atoms with Crippen LogP contribution in [0, 0.1) is 0 Å². The third-order valence-corrected chi connectivity index (χ3v) is 4.70. The zero-order valence-electron chi connectivity index (χ0n) is 12.1. The third kappa shape index (κ3) is 3.63. The van der Waals surface area contributed by atoms with Gasteiger partial charge in [0.1, 0.15) is 5.75 Å². The van der Waals surface area contributed by atoms with Gasteiger partial charge in [-0.3, -0.25) is 0 Å². The Morgan fingerprint density at radius 3 is 2.52 bits per heavy atom. The second kappa shape index (κ2) is 7.25. The Labute approximate surface area is 147 Å². The summed E-state index contributed by atoms with van der Waals surface area (Å²) in [7, 11) is 1.60. The summed E-state index contributed by atoms with van der Waals surface area (Å²) in [5.41, 5.74) is 1.60. The topological polar surface area (TPSA) is 48.2 Å². The molecule has 0 fully saturated rings. The van der Waals surface area contributed by atoms with Crippen LogP contribution in [0.3, 0.4) is 0 Å². The normalized spacial score (nSPS) is 10.7. The van der Waals surface area contributed by atoms with E-state index in [0.29, 0.717) is 32.7 Å². The molecule has 0 radical (unpaired) electrons. The summed E-state index contributed by atoms with van der Waals surface area (Å²) in [6.07, 6.45) is 0. The van der Waals surface area contributed by atoms with Crippen LogP contribution in [0.4, 0.5) is 0 Å². The van der Waals surface area contributed by atoms with E-state index >= 15 is 0 Å². The van der Waals surface area contributed by atoms with E-state index in [1.165, 1.54) is 11.8 Å². The van der Waals surface area contributed by atoms with Crippen LogP contribution in [0.2, 0.25) is 10.0 Å². The molecule has 0 unspecified atom stereocenters. The molecule has 118 valence electrons. The smallest absolute Gasteiger partial charge is 0.277 e. The number of aromatic nitrogens is 2. The summed E-state index contributed by atoms with van der Waals surface area (Å²) >= 11 is 13.7. The number of hydrogen-bond acceptors (Lipinski definition) is 5. The minimum atomic E-state index is 0.412. The van der Waals surface area contributed by atoms with Gasteiger partial charge in [-0.2, -0.15) is 0 Å². The summed E-state index contributed by atoms with van der Waals surface area (Å²) in [4.78, 5) is 0. The number of halogens is 2. The van der Waals surface area contributed by atoms with E-state index in [2.05, 4.69) is 10.2 Å². The van der Waals surface area contributed by atoms with E-state index in [1.807, 2.05) is 30.3 Å². The second-order valence-corrected chi connectivity index (χ2v) is 6.30. The Balaban J connectivity index is 1.78. The van der Waals surface area contributed by atoms with Gasteiger partial charge in [0.2, 0.25) is 0 Å². The van der Waals surface area contributed by atoms with Crippen molar-refractivity contribution >= 4 is 35.0 Å². The molecule has 0 aliphatic carbocycles. The SMILES string of the molecule is COc1ccccc1-c1nnc(SCc2c(Cl)cccc2Cl)o1. The van der Waals surface area contributed by atoms with Crippen molar-refractivity contribution in [3.05, 3.63) is 58.1 Å². The van der Waals surface area contributed by atoms with Gasteiger partial charge in [0.05, 0.1) is 12.7 Å². The molecule has 4 nitrogen and oxygen atoms in total. The molecule has 3 rings (SSSR count). The molecular formula is C16H12Cl2N2O2S. The highest BCUT2D eigenvalue weighted by molar-refractivity contribution is 7.98. The molecule has 0 atom stereocenters. The fraction of sp³-hybridized carbons (Fsp3) is 0.125. The van der Waals surface area contributed by atoms with E-state index in [4.69, 9.17) is 32.4 Å². The Morgan fingerprint density at radius 2 is 1.78 bits per heavy atom. The van der Waals surface area contributed by atoms with Crippen molar-refractivity contribution in [1.82, 2.24) is 10.2 Å². The van der Waals surface area contributed by atoms with E-state index in [1.54, 1.807) is 19.2 Å². The van der Waals surface area contributed by atoms with Crippen LogP contribution in [0.5, 0.6) is 5.75 Å². The predicted octanol–water partition coefficient (Wildman–Crippen LogP) is 5.34. The lowest BCUT2D eigenvalue weighted by molar-refractivity contribution is 0.411. The van der Waals surface area contributed by atoms with E-state index in [9.17, 15) is 0 Å². The molecule has 1 aromatic heterocycles. The van der Waals surface area contributed by atoms with Crippen molar-refractivity contribution < 1.29 is 9.15 Å². The molecule has 0 spiro atoms. The summed E-state index contributed by atoms with van der Waals surface area (Å²) in [5, 5.41) is 9.80. The molecule has 2 aromatic carbocycles. The Morgan fingerprint density at radius 1 is 1.04 bits per heavy atom. The van der Waals surface area contributed by atoms with Crippen molar-refractivity contribution in [2.75, 3.05) is 7.11 Å². The van der Waals surface area contributed by atoms with Crippen molar-refractivity contribution in [2.24, 2.45) is 0 Å². The van der Waals surface area contributed by atoms with Crippen LogP contribution < -0.4 is 4.74 Å². The zero-order valence-corrected chi connectivity index (χ0v) is 14.5. The molecule has 0 amide bonds. The highest BCUT2D eigenvalue weighted by Crippen LogP contribution is 2.33. The van der Waals surface area contributed by atoms with Crippen LogP contribution in [0.25, 0.3) is 11.5 Å². The quantitative estimate of drug-likeness (QED) is 0.570. The number of hydrogen-bond donors (Lipinski definition) is 0. The van der Waals surface area contributed by atoms with Crippen molar-refractivity contribution in [1.29, 1.82) is 0 Å². The molecule has 0 aliphatic rings. The Hall–Kier alpha value is -1.69. The molecule has 0 bridgehead atoms. The third-order valence-electron chi connectivity index (χ3n) is 3.15. The van der Waals surface area contributed by atoms with Gasteiger partial charge in [0.15, 0.2) is 0 Å². The van der Waals surface area contributed by atoms with Crippen LogP contribution in [-0.4, -0.2) is 17.3 Å². The number of rotatable bonds is 5. The standard InChI is InChI=1S/C16H12Cl2N2O2S/c1-21-14-8-3-2-5-10(14)15-19-20-16(22-15)23-9-11-12(17)6-4-7-13(11)18/h2-8H,9H2,1H3. The molecular weight excluding hydrogens is 355 g/mol. The van der Waals surface area contributed by atoms with Gasteiger partial charge in [0, 0.05) is 15.8 Å². The van der Waals surface area contributed by atoms with Gasteiger partial charge in [-0.25, -0.2) is 0 Å². The number of methoxy groups -OCH3 is 1. The van der Waals surface area contributed by atoms with Crippen molar-refractivity contribution in [2.45, 2.75) is 11.0 Å². The maximum absolute atomic E-state index is 6.16. The first kappa shape index (κ1) is 16.2. The van der Waals surface area contributed by atoms with Gasteiger partial charge in [-0.15, -0.1) is 10.2 Å². The minimum Gasteiger partial charge on any atom is -0.496 e. The average molecular weight is 367 g/mol. The molecule has 3 aromatic rings. The van der Waals surface area contributed by atoms with Crippen LogP contribution in [0.15, 0.2) is 52.1 Å². The van der Waals surface area contributed by atoms with Crippen LogP contribution in [-0.2, 0) is 5.75 Å². The molecule has 23 heavy (non-hydrogen) atoms. The molecule has 0 N–H and O–H groups in total. The zero-order chi connectivity index (χ0) is 16.2. The van der Waals surface area contributed by atoms with Crippen LogP contribution in [0.1, 0.15) is 5.56 Å². The molecule has 7 heteroatoms. The fourth-order valence-electron chi connectivity index (χ4n) is 2.00. The largest absolute Gasteiger partial charge is 0.496 e. The predicted molar refractivity (Wildman–Crippen MR) is 92.3 cm³/mol. The highest BCUT2D eigenvalue weighted by Gasteiger charge is 2.14. The number of ether oxygens (including phenoxy) is 1. The van der Waals surface area contributed by atoms with Crippen molar-refractivity contribution in [3.8, 4) is 17.2 Å². The van der Waals surface area contributed by atoms with Crippen molar-refractivity contribution in [3.63, 3.8) is 0 Å². The summed E-state index contributed by atoms with van der Waals surface area (Å²) < 4.78 is 11.0. The Bertz CT molecular complexity index is 803. The first-order chi connectivity index (χ1) is 11.2. The van der Waals surface area contributed by atoms with Gasteiger partial charge in [0.25, 0.3) is 11.1 Å². The molecule has 0 saturated heterocycles. The monoisotopic (exact) mass is 366 g/mol. The van der Waals surface area contributed by atoms with Crippen LogP contribution >= 0.6 is 35.0 Å². The van der Waals surface area contributed by atoms with E-state index in [-0.39, 0.29) is 0 Å². The maximum Gasteiger partial charge on any atom is 0.277 e. The molecule has 0 saturated carbocycles. The summed E-state index contributed by atoms with van der Waals surface area (Å²) in [6, 6.07) is 12.9. The Kier molecular flexibility index (Phi) is 5.10. The lowest BCUT2D eigenvalue weighted by Crippen LogP contribution is -1.87. The lowest BCUT2D eigenvalue weighted by Gasteiger charge is -2.04. The molecule has 0 aliphatic heterocycles. The average Bonchev–Trinajstić information content (AvgIpc) is 3.03. The summed E-state index contributed by atoms with van der Waals surface area (Å²) in [5.74, 6) is 1.64. The summed E-state index contributed by atoms with van der Waals surface area (Å²) in [6.45, 7) is 0. The lowest BCUT2D eigenvalue weighted by atomic mass is 10.2. The first-order valence-corrected chi connectivity index (χ1v) is 8.46. The van der Waals surface area contributed by atoms with E-state index < -0.39 is 0 Å². The number of benzene rings is 2. The van der Waals surface area contributed by atoms with Gasteiger partial charge in [-0.05, 0) is 29.8 Å². The first-order valence-electron chi connectivity index (χ1n) is 6.71. The van der Waals surface area contributed by atoms with Gasteiger partial charge < -0.3 is 9.15 Å². The molecule has 1 heterocycles. The fourth-order valence-corrected chi connectivity index (χ4v) is 3.51. The minimum absolute atomic E-state index is 0.412. The number of nitrogens with zero attached hydrogens (tertiary/aromatic N) is 2. The van der Waals surface area contributed by atoms with E-state index in [0.717, 1.165) is 11.1 Å².